The van der Waals surface area contributed by atoms with E-state index in [0.29, 0.717) is 11.7 Å². The predicted octanol–water partition coefficient (Wildman–Crippen LogP) is 1.76. The van der Waals surface area contributed by atoms with Crippen LogP contribution in [0.4, 0.5) is 5.69 Å². The number of hydrogen-bond acceptors (Lipinski definition) is 4. The van der Waals surface area contributed by atoms with Crippen molar-refractivity contribution in [2.75, 3.05) is 12.8 Å². The minimum atomic E-state index is -0.466. The summed E-state index contributed by atoms with van der Waals surface area (Å²) in [6, 6.07) is 0.384. The molecule has 5 heteroatoms. The summed E-state index contributed by atoms with van der Waals surface area (Å²) in [6.45, 7) is 0. The van der Waals surface area contributed by atoms with E-state index in [1.807, 2.05) is 4.68 Å². The Morgan fingerprint density at radius 1 is 1.50 bits per heavy atom. The zero-order valence-electron chi connectivity index (χ0n) is 9.48. The molecule has 0 spiro atoms. The Bertz CT molecular complexity index is 381. The van der Waals surface area contributed by atoms with Gasteiger partial charge in [0, 0.05) is 6.20 Å². The largest absolute Gasteiger partial charge is 0.464 e. The summed E-state index contributed by atoms with van der Waals surface area (Å²) < 4.78 is 6.44. The van der Waals surface area contributed by atoms with Crippen molar-refractivity contribution in [2.45, 2.75) is 38.1 Å². The van der Waals surface area contributed by atoms with Crippen LogP contribution in [0.15, 0.2) is 6.20 Å². The molecule has 1 fully saturated rings. The number of nitrogen functional groups attached to an aromatic ring is 1. The highest BCUT2D eigenvalue weighted by Crippen LogP contribution is 2.28. The quantitative estimate of drug-likeness (QED) is 0.775. The van der Waals surface area contributed by atoms with Crippen LogP contribution >= 0.6 is 0 Å². The van der Waals surface area contributed by atoms with Crippen molar-refractivity contribution in [1.29, 1.82) is 0 Å². The van der Waals surface area contributed by atoms with Crippen LogP contribution in [0, 0.1) is 0 Å². The molecule has 0 saturated heterocycles. The summed E-state index contributed by atoms with van der Waals surface area (Å²) >= 11 is 0. The van der Waals surface area contributed by atoms with Gasteiger partial charge in [-0.25, -0.2) is 4.79 Å². The topological polar surface area (TPSA) is 70.1 Å². The van der Waals surface area contributed by atoms with Gasteiger partial charge in [-0.15, -0.1) is 0 Å². The Morgan fingerprint density at radius 3 is 2.81 bits per heavy atom. The number of hydrogen-bond donors (Lipinski definition) is 1. The van der Waals surface area contributed by atoms with Crippen LogP contribution in [0.2, 0.25) is 0 Å². The van der Waals surface area contributed by atoms with Crippen LogP contribution in [-0.4, -0.2) is 22.9 Å². The molecule has 5 nitrogen and oxygen atoms in total. The molecule has 0 amide bonds. The number of anilines is 1. The van der Waals surface area contributed by atoms with E-state index in [4.69, 9.17) is 5.73 Å². The molecular weight excluding hydrogens is 206 g/mol. The Balaban J connectivity index is 2.19. The average molecular weight is 223 g/mol. The summed E-state index contributed by atoms with van der Waals surface area (Å²) in [7, 11) is 1.33. The number of nitrogens with two attached hydrogens (primary N) is 1. The fourth-order valence-electron chi connectivity index (χ4n) is 2.19. The molecule has 1 heterocycles. The lowest BCUT2D eigenvalue weighted by Crippen LogP contribution is -2.14. The van der Waals surface area contributed by atoms with E-state index in [1.54, 1.807) is 6.20 Å². The zero-order chi connectivity index (χ0) is 11.5. The van der Waals surface area contributed by atoms with Crippen LogP contribution in [0.3, 0.4) is 0 Å². The van der Waals surface area contributed by atoms with Gasteiger partial charge < -0.3 is 10.5 Å². The fraction of sp³-hybridized carbons (Fsp3) is 0.636. The highest BCUT2D eigenvalue weighted by Gasteiger charge is 2.20. The number of carbonyl (C=O) groups excluding carboxylic acids is 1. The van der Waals surface area contributed by atoms with Gasteiger partial charge in [-0.05, 0) is 12.8 Å². The maximum atomic E-state index is 11.4. The normalized spacial score (nSPS) is 17.3. The van der Waals surface area contributed by atoms with Crippen molar-refractivity contribution in [3.05, 3.63) is 11.9 Å². The third-order valence-electron chi connectivity index (χ3n) is 3.09. The molecule has 0 aliphatic heterocycles. The minimum absolute atomic E-state index is 0.230. The number of nitrogens with zero attached hydrogens (tertiary/aromatic N) is 2. The van der Waals surface area contributed by atoms with Crippen molar-refractivity contribution in [3.8, 4) is 0 Å². The van der Waals surface area contributed by atoms with Crippen molar-refractivity contribution in [1.82, 2.24) is 9.78 Å². The lowest BCUT2D eigenvalue weighted by molar-refractivity contribution is 0.0593. The maximum Gasteiger partial charge on any atom is 0.360 e. The second kappa shape index (κ2) is 4.55. The highest BCUT2D eigenvalue weighted by molar-refractivity contribution is 5.92. The van der Waals surface area contributed by atoms with E-state index >= 15 is 0 Å². The first kappa shape index (κ1) is 11.0. The standard InChI is InChI=1S/C11H17N3O2/c1-16-11(15)10-9(12)7-14(13-10)8-5-3-2-4-6-8/h7-8H,2-6,12H2,1H3. The Morgan fingerprint density at radius 2 is 2.19 bits per heavy atom. The van der Waals surface area contributed by atoms with Gasteiger partial charge in [-0.3, -0.25) is 4.68 Å². The second-order valence-electron chi connectivity index (χ2n) is 4.20. The van der Waals surface area contributed by atoms with Crippen LogP contribution in [0.25, 0.3) is 0 Å². The number of aromatic nitrogens is 2. The summed E-state index contributed by atoms with van der Waals surface area (Å²) in [5.74, 6) is -0.466. The molecular formula is C11H17N3O2. The van der Waals surface area contributed by atoms with Gasteiger partial charge in [-0.2, -0.15) is 5.10 Å². The van der Waals surface area contributed by atoms with Crippen LogP contribution in [0.1, 0.15) is 48.6 Å². The summed E-state index contributed by atoms with van der Waals surface area (Å²) in [6.07, 6.45) is 7.69. The third-order valence-corrected chi connectivity index (χ3v) is 3.09. The smallest absolute Gasteiger partial charge is 0.360 e. The molecule has 2 N–H and O–H groups in total. The molecule has 1 saturated carbocycles. The maximum absolute atomic E-state index is 11.4. The van der Waals surface area contributed by atoms with Crippen molar-refractivity contribution in [3.63, 3.8) is 0 Å². The Labute approximate surface area is 94.6 Å². The first-order chi connectivity index (χ1) is 7.72. The molecule has 0 aromatic carbocycles. The van der Waals surface area contributed by atoms with Gasteiger partial charge in [0.1, 0.15) is 0 Å². The molecule has 16 heavy (non-hydrogen) atoms. The molecule has 1 aliphatic rings. The van der Waals surface area contributed by atoms with E-state index in [1.165, 1.54) is 26.4 Å². The van der Waals surface area contributed by atoms with E-state index < -0.39 is 5.97 Å². The SMILES string of the molecule is COC(=O)c1nn(C2CCCCC2)cc1N. The van der Waals surface area contributed by atoms with E-state index in [2.05, 4.69) is 9.84 Å². The third kappa shape index (κ3) is 2.03. The number of esters is 1. The van der Waals surface area contributed by atoms with E-state index in [9.17, 15) is 4.79 Å². The fourth-order valence-corrected chi connectivity index (χ4v) is 2.19. The highest BCUT2D eigenvalue weighted by atomic mass is 16.5. The molecule has 0 bridgehead atoms. The summed E-state index contributed by atoms with van der Waals surface area (Å²) in [5, 5.41) is 4.22. The molecule has 1 aromatic rings. The zero-order valence-corrected chi connectivity index (χ0v) is 9.48. The number of methoxy groups -OCH3 is 1. The van der Waals surface area contributed by atoms with Gasteiger partial charge >= 0.3 is 5.97 Å². The van der Waals surface area contributed by atoms with Gasteiger partial charge in [0.2, 0.25) is 0 Å². The average Bonchev–Trinajstić information content (AvgIpc) is 2.71. The first-order valence-electron chi connectivity index (χ1n) is 5.65. The number of rotatable bonds is 2. The van der Waals surface area contributed by atoms with E-state index in [0.717, 1.165) is 12.8 Å². The molecule has 0 unspecified atom stereocenters. The second-order valence-corrected chi connectivity index (χ2v) is 4.20. The molecule has 1 aliphatic carbocycles. The van der Waals surface area contributed by atoms with Gasteiger partial charge in [0.05, 0.1) is 18.8 Å². The predicted molar refractivity (Wildman–Crippen MR) is 60.1 cm³/mol. The first-order valence-corrected chi connectivity index (χ1v) is 5.65. The Kier molecular flexibility index (Phi) is 3.12. The Hall–Kier alpha value is -1.52. The van der Waals surface area contributed by atoms with Crippen molar-refractivity contribution >= 4 is 11.7 Å². The summed E-state index contributed by atoms with van der Waals surface area (Å²) in [5.41, 5.74) is 6.37. The number of carbonyl (C=O) groups is 1. The number of ether oxygens (including phenoxy) is 1. The van der Waals surface area contributed by atoms with E-state index in [-0.39, 0.29) is 5.69 Å². The molecule has 1 aromatic heterocycles. The molecule has 2 rings (SSSR count). The molecule has 88 valence electrons. The molecule has 0 atom stereocenters. The van der Waals surface area contributed by atoms with Gasteiger partial charge in [-0.1, -0.05) is 19.3 Å². The molecule has 0 radical (unpaired) electrons. The lowest BCUT2D eigenvalue weighted by atomic mass is 9.96. The van der Waals surface area contributed by atoms with Gasteiger partial charge in [0.25, 0.3) is 0 Å². The van der Waals surface area contributed by atoms with Crippen LogP contribution < -0.4 is 5.73 Å². The van der Waals surface area contributed by atoms with Crippen molar-refractivity contribution < 1.29 is 9.53 Å². The van der Waals surface area contributed by atoms with Crippen molar-refractivity contribution in [2.24, 2.45) is 0 Å². The minimum Gasteiger partial charge on any atom is -0.464 e. The van der Waals surface area contributed by atoms with Gasteiger partial charge in [0.15, 0.2) is 5.69 Å². The monoisotopic (exact) mass is 223 g/mol. The lowest BCUT2D eigenvalue weighted by Gasteiger charge is -2.21. The summed E-state index contributed by atoms with van der Waals surface area (Å²) in [4.78, 5) is 11.4. The van der Waals surface area contributed by atoms with Crippen LogP contribution in [-0.2, 0) is 4.74 Å². The van der Waals surface area contributed by atoms with Crippen LogP contribution in [0.5, 0.6) is 0 Å².